The number of carbonyl (C=O) groups is 1. The van der Waals surface area contributed by atoms with Crippen molar-refractivity contribution < 1.29 is 9.53 Å². The number of amides is 1. The zero-order valence-corrected chi connectivity index (χ0v) is 9.41. The topological polar surface area (TPSA) is 73.1 Å². The van der Waals surface area contributed by atoms with Crippen LogP contribution < -0.4 is 0 Å². The Morgan fingerprint density at radius 1 is 1.56 bits per heavy atom. The summed E-state index contributed by atoms with van der Waals surface area (Å²) in [6.45, 7) is 5.33. The Labute approximate surface area is 93.4 Å². The van der Waals surface area contributed by atoms with Gasteiger partial charge in [0.1, 0.15) is 12.9 Å². The normalized spacial score (nSPS) is 25.8. The molecule has 0 unspecified atom stereocenters. The third kappa shape index (κ3) is 2.35. The van der Waals surface area contributed by atoms with Gasteiger partial charge in [-0.3, -0.25) is 4.79 Å². The summed E-state index contributed by atoms with van der Waals surface area (Å²) in [6, 6.07) is 0.111. The average molecular weight is 225 g/mol. The first-order chi connectivity index (χ1) is 7.66. The molecular weight excluding hydrogens is 210 g/mol. The molecule has 0 bridgehead atoms. The highest BCUT2D eigenvalue weighted by atomic mass is 16.5. The zero-order valence-electron chi connectivity index (χ0n) is 9.41. The van der Waals surface area contributed by atoms with Crippen LogP contribution in [-0.2, 0) is 16.1 Å². The smallest absolute Gasteiger partial charge is 0.244 e. The van der Waals surface area contributed by atoms with Crippen molar-refractivity contribution in [1.82, 2.24) is 25.1 Å². The SMILES string of the molecule is C[C@@H]1CO[C@@H](C)CN1C(=O)Cn1cnnn1. The van der Waals surface area contributed by atoms with Crippen molar-refractivity contribution in [2.75, 3.05) is 13.2 Å². The highest BCUT2D eigenvalue weighted by Crippen LogP contribution is 2.11. The Balaban J connectivity index is 1.97. The van der Waals surface area contributed by atoms with Gasteiger partial charge in [-0.05, 0) is 24.3 Å². The van der Waals surface area contributed by atoms with Crippen molar-refractivity contribution in [2.45, 2.75) is 32.5 Å². The first-order valence-electron chi connectivity index (χ1n) is 5.28. The van der Waals surface area contributed by atoms with Gasteiger partial charge in [0.15, 0.2) is 0 Å². The van der Waals surface area contributed by atoms with E-state index in [9.17, 15) is 4.79 Å². The van der Waals surface area contributed by atoms with Gasteiger partial charge in [0.25, 0.3) is 0 Å². The summed E-state index contributed by atoms with van der Waals surface area (Å²) in [4.78, 5) is 13.8. The van der Waals surface area contributed by atoms with E-state index in [-0.39, 0.29) is 24.6 Å². The van der Waals surface area contributed by atoms with Crippen LogP contribution in [0.5, 0.6) is 0 Å². The molecule has 16 heavy (non-hydrogen) atoms. The van der Waals surface area contributed by atoms with Gasteiger partial charge < -0.3 is 9.64 Å². The molecule has 0 saturated carbocycles. The number of aromatic nitrogens is 4. The first-order valence-corrected chi connectivity index (χ1v) is 5.28. The Hall–Kier alpha value is -1.50. The molecule has 0 spiro atoms. The Morgan fingerprint density at radius 2 is 2.38 bits per heavy atom. The van der Waals surface area contributed by atoms with E-state index in [0.717, 1.165) is 0 Å². The minimum Gasteiger partial charge on any atom is -0.375 e. The molecule has 88 valence electrons. The second kappa shape index (κ2) is 4.56. The van der Waals surface area contributed by atoms with Crippen LogP contribution in [0.25, 0.3) is 0 Å². The number of nitrogens with zero attached hydrogens (tertiary/aromatic N) is 5. The second-order valence-electron chi connectivity index (χ2n) is 4.05. The summed E-state index contributed by atoms with van der Waals surface area (Å²) in [6.07, 6.45) is 1.53. The zero-order chi connectivity index (χ0) is 11.5. The maximum absolute atomic E-state index is 12.0. The predicted molar refractivity (Wildman–Crippen MR) is 54.4 cm³/mol. The van der Waals surface area contributed by atoms with Gasteiger partial charge in [-0.15, -0.1) is 5.10 Å². The van der Waals surface area contributed by atoms with Crippen LogP contribution >= 0.6 is 0 Å². The summed E-state index contributed by atoms with van der Waals surface area (Å²) in [5.41, 5.74) is 0. The van der Waals surface area contributed by atoms with Crippen LogP contribution in [0, 0.1) is 0 Å². The molecule has 7 nitrogen and oxygen atoms in total. The van der Waals surface area contributed by atoms with E-state index in [1.807, 2.05) is 18.7 Å². The number of morpholine rings is 1. The molecule has 1 saturated heterocycles. The molecule has 1 amide bonds. The van der Waals surface area contributed by atoms with Gasteiger partial charge in [0.05, 0.1) is 18.8 Å². The molecule has 0 aliphatic carbocycles. The van der Waals surface area contributed by atoms with Crippen molar-refractivity contribution >= 4 is 5.91 Å². The second-order valence-corrected chi connectivity index (χ2v) is 4.05. The number of ether oxygens (including phenoxy) is 1. The molecule has 1 fully saturated rings. The first kappa shape index (κ1) is 11.0. The molecule has 2 heterocycles. The van der Waals surface area contributed by atoms with Crippen molar-refractivity contribution in [3.05, 3.63) is 6.33 Å². The molecule has 0 radical (unpaired) electrons. The van der Waals surface area contributed by atoms with Crippen molar-refractivity contribution in [1.29, 1.82) is 0 Å². The summed E-state index contributed by atoms with van der Waals surface area (Å²) in [5, 5.41) is 10.7. The van der Waals surface area contributed by atoms with E-state index < -0.39 is 0 Å². The fourth-order valence-corrected chi connectivity index (χ4v) is 1.73. The lowest BCUT2D eigenvalue weighted by molar-refractivity contribution is -0.144. The Morgan fingerprint density at radius 3 is 3.06 bits per heavy atom. The molecule has 1 aliphatic rings. The van der Waals surface area contributed by atoms with Gasteiger partial charge in [-0.2, -0.15) is 0 Å². The van der Waals surface area contributed by atoms with Crippen molar-refractivity contribution in [3.63, 3.8) is 0 Å². The lowest BCUT2D eigenvalue weighted by Gasteiger charge is -2.36. The summed E-state index contributed by atoms with van der Waals surface area (Å²) in [7, 11) is 0. The van der Waals surface area contributed by atoms with Crippen LogP contribution in [0.3, 0.4) is 0 Å². The van der Waals surface area contributed by atoms with E-state index in [0.29, 0.717) is 13.2 Å². The maximum Gasteiger partial charge on any atom is 0.244 e. The van der Waals surface area contributed by atoms with E-state index in [1.165, 1.54) is 11.0 Å². The van der Waals surface area contributed by atoms with Crippen LogP contribution in [-0.4, -0.2) is 56.3 Å². The number of hydrogen-bond acceptors (Lipinski definition) is 5. The van der Waals surface area contributed by atoms with Gasteiger partial charge >= 0.3 is 0 Å². The highest BCUT2D eigenvalue weighted by molar-refractivity contribution is 5.76. The minimum absolute atomic E-state index is 0.0231. The van der Waals surface area contributed by atoms with Gasteiger partial charge in [0, 0.05) is 6.54 Å². The molecule has 7 heteroatoms. The minimum atomic E-state index is 0.0231. The fraction of sp³-hybridized carbons (Fsp3) is 0.778. The van der Waals surface area contributed by atoms with Gasteiger partial charge in [-0.1, -0.05) is 0 Å². The molecule has 2 atom stereocenters. The monoisotopic (exact) mass is 225 g/mol. The lowest BCUT2D eigenvalue weighted by Crippen LogP contribution is -2.51. The maximum atomic E-state index is 12.0. The third-order valence-electron chi connectivity index (χ3n) is 2.62. The van der Waals surface area contributed by atoms with Crippen LogP contribution in [0.15, 0.2) is 6.33 Å². The standard InChI is InChI=1S/C9H15N5O2/c1-7-5-16-8(2)3-14(7)9(15)4-13-6-10-11-12-13/h6-8H,3-5H2,1-2H3/t7-,8+/m1/s1. The largest absolute Gasteiger partial charge is 0.375 e. The van der Waals surface area contributed by atoms with E-state index in [1.54, 1.807) is 0 Å². The summed E-state index contributed by atoms with van der Waals surface area (Å²) in [5.74, 6) is 0.0231. The molecular formula is C9H15N5O2. The molecule has 0 aromatic carbocycles. The van der Waals surface area contributed by atoms with Crippen molar-refractivity contribution in [3.8, 4) is 0 Å². The molecule has 1 aromatic heterocycles. The Kier molecular flexibility index (Phi) is 3.14. The number of rotatable bonds is 2. The van der Waals surface area contributed by atoms with E-state index >= 15 is 0 Å². The number of hydrogen-bond donors (Lipinski definition) is 0. The summed E-state index contributed by atoms with van der Waals surface area (Å²) < 4.78 is 6.89. The molecule has 1 aromatic rings. The quantitative estimate of drug-likeness (QED) is 0.666. The Bertz CT molecular complexity index is 353. The average Bonchev–Trinajstić information content (AvgIpc) is 2.74. The van der Waals surface area contributed by atoms with Crippen LogP contribution in [0.2, 0.25) is 0 Å². The number of tetrazole rings is 1. The fourth-order valence-electron chi connectivity index (χ4n) is 1.73. The molecule has 0 N–H and O–H groups in total. The van der Waals surface area contributed by atoms with E-state index in [4.69, 9.17) is 4.74 Å². The van der Waals surface area contributed by atoms with Crippen molar-refractivity contribution in [2.24, 2.45) is 0 Å². The molecule has 2 rings (SSSR count). The summed E-state index contributed by atoms with van der Waals surface area (Å²) >= 11 is 0. The molecule has 1 aliphatic heterocycles. The number of carbonyl (C=O) groups excluding carboxylic acids is 1. The van der Waals surface area contributed by atoms with Gasteiger partial charge in [-0.25, -0.2) is 4.68 Å². The van der Waals surface area contributed by atoms with Gasteiger partial charge in [0.2, 0.25) is 5.91 Å². The van der Waals surface area contributed by atoms with Crippen LogP contribution in [0.1, 0.15) is 13.8 Å². The highest BCUT2D eigenvalue weighted by Gasteiger charge is 2.27. The van der Waals surface area contributed by atoms with Crippen LogP contribution in [0.4, 0.5) is 0 Å². The lowest BCUT2D eigenvalue weighted by atomic mass is 10.2. The third-order valence-corrected chi connectivity index (χ3v) is 2.62. The predicted octanol–water partition coefficient (Wildman–Crippen LogP) is -0.691. The van der Waals surface area contributed by atoms with E-state index in [2.05, 4.69) is 15.5 Å².